The second-order valence-electron chi connectivity index (χ2n) is 7.55. The third-order valence-electron chi connectivity index (χ3n) is 3.38. The van der Waals surface area contributed by atoms with Gasteiger partial charge in [-0.25, -0.2) is 0 Å². The highest BCUT2D eigenvalue weighted by Gasteiger charge is 2.16. The van der Waals surface area contributed by atoms with Crippen molar-refractivity contribution in [3.05, 3.63) is 54.1 Å². The lowest BCUT2D eigenvalue weighted by Gasteiger charge is -2.18. The molecule has 1 rings (SSSR count). The van der Waals surface area contributed by atoms with Gasteiger partial charge in [0.25, 0.3) is 0 Å². The molecular formula is C20H29N3. The van der Waals surface area contributed by atoms with Gasteiger partial charge in [-0.2, -0.15) is 0 Å². The summed E-state index contributed by atoms with van der Waals surface area (Å²) in [5.41, 5.74) is 3.73. The minimum absolute atomic E-state index is 0.0408. The van der Waals surface area contributed by atoms with Crippen LogP contribution in [0.5, 0.6) is 0 Å². The molecule has 0 radical (unpaired) electrons. The molecule has 0 spiro atoms. The Kier molecular flexibility index (Phi) is 6.20. The van der Waals surface area contributed by atoms with Crippen molar-refractivity contribution in [1.82, 2.24) is 4.98 Å². The number of hydrogen-bond acceptors (Lipinski definition) is 3. The highest BCUT2D eigenvalue weighted by molar-refractivity contribution is 6.08. The van der Waals surface area contributed by atoms with Crippen LogP contribution in [-0.4, -0.2) is 16.9 Å². The van der Waals surface area contributed by atoms with Crippen LogP contribution in [0.1, 0.15) is 59.7 Å². The van der Waals surface area contributed by atoms with Gasteiger partial charge >= 0.3 is 0 Å². The molecule has 0 saturated heterocycles. The highest BCUT2D eigenvalue weighted by atomic mass is 14.8. The number of pyridine rings is 1. The van der Waals surface area contributed by atoms with Gasteiger partial charge < -0.3 is 0 Å². The Balaban J connectivity index is 3.20. The number of rotatable bonds is 4. The zero-order valence-corrected chi connectivity index (χ0v) is 15.5. The molecule has 1 aromatic rings. The van der Waals surface area contributed by atoms with Crippen LogP contribution in [0.2, 0.25) is 0 Å². The topological polar surface area (TPSA) is 37.6 Å². The Labute approximate surface area is 141 Å². The van der Waals surface area contributed by atoms with Crippen LogP contribution in [0.15, 0.2) is 52.9 Å². The number of hydrogen-bond donors (Lipinski definition) is 0. The molecule has 0 amide bonds. The summed E-state index contributed by atoms with van der Waals surface area (Å²) in [6.45, 7) is 18.6. The predicted molar refractivity (Wildman–Crippen MR) is 101 cm³/mol. The van der Waals surface area contributed by atoms with Crippen molar-refractivity contribution in [2.45, 2.75) is 53.9 Å². The van der Waals surface area contributed by atoms with Gasteiger partial charge in [0.1, 0.15) is 0 Å². The van der Waals surface area contributed by atoms with E-state index in [1.54, 1.807) is 12.3 Å². The Morgan fingerprint density at radius 2 is 1.78 bits per heavy atom. The molecule has 1 heterocycles. The standard InChI is InChI=1S/C20H29N3/c1-9-16(22-14-18(21-10-2)20(6,7)8)15-11-12-17(23-13-15)19(3,4)5/h9-14H,1H2,2-8H3/b18-14-,21-10?,22-16?. The van der Waals surface area contributed by atoms with Crippen LogP contribution in [0.4, 0.5) is 0 Å². The van der Waals surface area contributed by atoms with E-state index < -0.39 is 0 Å². The molecule has 0 saturated carbocycles. The zero-order chi connectivity index (χ0) is 17.7. The molecule has 0 unspecified atom stereocenters. The summed E-state index contributed by atoms with van der Waals surface area (Å²) >= 11 is 0. The predicted octanol–water partition coefficient (Wildman–Crippen LogP) is 5.33. The zero-order valence-electron chi connectivity index (χ0n) is 15.5. The van der Waals surface area contributed by atoms with E-state index in [4.69, 9.17) is 0 Å². The van der Waals surface area contributed by atoms with Crippen molar-refractivity contribution in [3.8, 4) is 0 Å². The normalized spacial score (nSPS) is 14.4. The van der Waals surface area contributed by atoms with Crippen molar-refractivity contribution in [1.29, 1.82) is 0 Å². The largest absolute Gasteiger partial charge is 0.264 e. The van der Waals surface area contributed by atoms with Crippen LogP contribution in [-0.2, 0) is 5.41 Å². The molecule has 3 heteroatoms. The second-order valence-corrected chi connectivity index (χ2v) is 7.55. The average Bonchev–Trinajstić information content (AvgIpc) is 2.45. The number of aliphatic imine (C=N–C) groups is 2. The van der Waals surface area contributed by atoms with Gasteiger partial charge in [0.2, 0.25) is 0 Å². The van der Waals surface area contributed by atoms with Crippen molar-refractivity contribution in [2.75, 3.05) is 0 Å². The minimum atomic E-state index is -0.0589. The summed E-state index contributed by atoms with van der Waals surface area (Å²) in [7, 11) is 0. The smallest absolute Gasteiger partial charge is 0.0712 e. The lowest BCUT2D eigenvalue weighted by molar-refractivity contribution is 0.497. The SMILES string of the molecule is C=CC(=N/C=C(\N=CC)C(C)(C)C)c1ccc(C(C)(C)C)nc1. The first-order valence-electron chi connectivity index (χ1n) is 7.96. The molecule has 0 bridgehead atoms. The van der Waals surface area contributed by atoms with E-state index in [0.29, 0.717) is 0 Å². The number of nitrogens with zero attached hydrogens (tertiary/aromatic N) is 3. The maximum Gasteiger partial charge on any atom is 0.0712 e. The second kappa shape index (κ2) is 7.49. The molecule has 0 aliphatic heterocycles. The molecule has 0 atom stereocenters. The van der Waals surface area contributed by atoms with Gasteiger partial charge in [-0.1, -0.05) is 48.1 Å². The van der Waals surface area contributed by atoms with Crippen molar-refractivity contribution >= 4 is 11.9 Å². The average molecular weight is 311 g/mol. The summed E-state index contributed by atoms with van der Waals surface area (Å²) in [6.07, 6.45) is 7.21. The van der Waals surface area contributed by atoms with E-state index >= 15 is 0 Å². The molecule has 0 N–H and O–H groups in total. The fourth-order valence-electron chi connectivity index (χ4n) is 1.92. The molecule has 0 aliphatic carbocycles. The summed E-state index contributed by atoms with van der Waals surface area (Å²) < 4.78 is 0. The summed E-state index contributed by atoms with van der Waals surface area (Å²) in [5, 5.41) is 0. The van der Waals surface area contributed by atoms with Gasteiger partial charge in [-0.15, -0.1) is 0 Å². The summed E-state index contributed by atoms with van der Waals surface area (Å²) in [4.78, 5) is 13.5. The van der Waals surface area contributed by atoms with Gasteiger partial charge in [0.15, 0.2) is 0 Å². The van der Waals surface area contributed by atoms with Crippen LogP contribution < -0.4 is 0 Å². The lowest BCUT2D eigenvalue weighted by atomic mass is 9.91. The highest BCUT2D eigenvalue weighted by Crippen LogP contribution is 2.26. The third kappa shape index (κ3) is 5.59. The minimum Gasteiger partial charge on any atom is -0.264 e. The summed E-state index contributed by atoms with van der Waals surface area (Å²) in [6, 6.07) is 4.09. The fourth-order valence-corrected chi connectivity index (χ4v) is 1.92. The maximum absolute atomic E-state index is 4.57. The van der Waals surface area contributed by atoms with Crippen molar-refractivity contribution in [3.63, 3.8) is 0 Å². The quantitative estimate of drug-likeness (QED) is 0.692. The van der Waals surface area contributed by atoms with E-state index in [2.05, 4.69) is 63.1 Å². The van der Waals surface area contributed by atoms with E-state index in [1.807, 2.05) is 31.5 Å². The molecule has 23 heavy (non-hydrogen) atoms. The van der Waals surface area contributed by atoms with E-state index in [1.165, 1.54) is 0 Å². The monoisotopic (exact) mass is 311 g/mol. The first-order chi connectivity index (χ1) is 10.6. The molecule has 124 valence electrons. The van der Waals surface area contributed by atoms with E-state index in [9.17, 15) is 0 Å². The molecule has 3 nitrogen and oxygen atoms in total. The van der Waals surface area contributed by atoms with Crippen molar-refractivity contribution in [2.24, 2.45) is 15.4 Å². The molecule has 0 aromatic carbocycles. The molecule has 1 aromatic heterocycles. The van der Waals surface area contributed by atoms with Crippen LogP contribution in [0, 0.1) is 5.41 Å². The Morgan fingerprint density at radius 3 is 2.17 bits per heavy atom. The van der Waals surface area contributed by atoms with Crippen LogP contribution >= 0.6 is 0 Å². The van der Waals surface area contributed by atoms with Crippen molar-refractivity contribution < 1.29 is 0 Å². The van der Waals surface area contributed by atoms with Gasteiger partial charge in [-0.3, -0.25) is 15.0 Å². The Hall–Kier alpha value is -2.03. The molecule has 0 fully saturated rings. The lowest BCUT2D eigenvalue weighted by Crippen LogP contribution is -2.13. The fraction of sp³-hybridized carbons (Fsp3) is 0.450. The summed E-state index contributed by atoms with van der Waals surface area (Å²) in [5.74, 6) is 0. The van der Waals surface area contributed by atoms with Crippen LogP contribution in [0.25, 0.3) is 0 Å². The first kappa shape index (κ1) is 19.0. The Morgan fingerprint density at radius 1 is 1.13 bits per heavy atom. The van der Waals surface area contributed by atoms with Gasteiger partial charge in [0.05, 0.1) is 11.4 Å². The van der Waals surface area contributed by atoms with E-state index in [0.717, 1.165) is 22.7 Å². The van der Waals surface area contributed by atoms with Gasteiger partial charge in [-0.05, 0) is 25.1 Å². The molecule has 0 aliphatic rings. The van der Waals surface area contributed by atoms with Gasteiger partial charge in [0, 0.05) is 40.7 Å². The maximum atomic E-state index is 4.57. The first-order valence-corrected chi connectivity index (χ1v) is 7.96. The number of aromatic nitrogens is 1. The number of allylic oxidation sites excluding steroid dienone is 2. The van der Waals surface area contributed by atoms with E-state index in [-0.39, 0.29) is 10.8 Å². The Bertz CT molecular complexity index is 618. The molecular weight excluding hydrogens is 282 g/mol. The van der Waals surface area contributed by atoms with Crippen LogP contribution in [0.3, 0.4) is 0 Å². The third-order valence-corrected chi connectivity index (χ3v) is 3.38.